The minimum Gasteiger partial charge on any atom is -0.462 e. The highest BCUT2D eigenvalue weighted by Gasteiger charge is 2.59. The minimum absolute atomic E-state index is 0.0360. The van der Waals surface area contributed by atoms with Crippen molar-refractivity contribution in [3.63, 3.8) is 0 Å². The molecule has 0 radical (unpaired) electrons. The Hall–Kier alpha value is -1.16. The molecule has 0 amide bonds. The molecule has 5 aliphatic rings. The molecule has 4 aliphatic carbocycles. The fourth-order valence-corrected chi connectivity index (χ4v) is 9.09. The third-order valence-corrected chi connectivity index (χ3v) is 10.9. The van der Waals surface area contributed by atoms with Crippen molar-refractivity contribution in [2.75, 3.05) is 19.6 Å². The lowest BCUT2D eigenvalue weighted by Gasteiger charge is -2.60. The summed E-state index contributed by atoms with van der Waals surface area (Å²) < 4.78 is 6.01. The van der Waals surface area contributed by atoms with Crippen molar-refractivity contribution in [1.82, 2.24) is 0 Å². The summed E-state index contributed by atoms with van der Waals surface area (Å²) in [7, 11) is 0. The first-order valence-corrected chi connectivity index (χ1v) is 13.6. The topological polar surface area (TPSA) is 47.8 Å². The predicted octanol–water partition coefficient (Wildman–Crippen LogP) is 4.14. The zero-order chi connectivity index (χ0) is 22.5. The van der Waals surface area contributed by atoms with Gasteiger partial charge in [-0.2, -0.15) is 0 Å². The van der Waals surface area contributed by atoms with Crippen molar-refractivity contribution >= 4 is 11.8 Å². The van der Waals surface area contributed by atoms with Crippen LogP contribution in [0.2, 0.25) is 0 Å². The summed E-state index contributed by atoms with van der Waals surface area (Å²) in [4.78, 5) is 26.4. The second kappa shape index (κ2) is 8.56. The Morgan fingerprint density at radius 2 is 1.84 bits per heavy atom. The third kappa shape index (κ3) is 3.79. The van der Waals surface area contributed by atoms with E-state index in [1.165, 1.54) is 58.0 Å². The van der Waals surface area contributed by atoms with Crippen LogP contribution in [0, 0.1) is 34.5 Å². The molecule has 0 aromatic heterocycles. The number of carbonyl (C=O) groups is 2. The fourth-order valence-electron chi connectivity index (χ4n) is 9.09. The van der Waals surface area contributed by atoms with E-state index in [0.29, 0.717) is 29.5 Å². The van der Waals surface area contributed by atoms with Crippen molar-refractivity contribution in [1.29, 1.82) is 0 Å². The number of rotatable bonds is 5. The smallest absolute Gasteiger partial charge is 0.311 e. The monoisotopic (exact) mass is 442 g/mol. The zero-order valence-corrected chi connectivity index (χ0v) is 20.6. The number of ketones is 1. The zero-order valence-electron chi connectivity index (χ0n) is 20.6. The fraction of sp³-hybridized carbons (Fsp3) is 0.857. The van der Waals surface area contributed by atoms with Crippen LogP contribution in [0.5, 0.6) is 0 Å². The minimum atomic E-state index is 0.0360. The molecule has 5 rings (SSSR count). The van der Waals surface area contributed by atoms with Gasteiger partial charge in [-0.3, -0.25) is 9.59 Å². The maximum Gasteiger partial charge on any atom is 0.311 e. The van der Waals surface area contributed by atoms with Gasteiger partial charge in [-0.15, -0.1) is 0 Å². The van der Waals surface area contributed by atoms with Gasteiger partial charge in [0.25, 0.3) is 0 Å². The van der Waals surface area contributed by atoms with Gasteiger partial charge in [0, 0.05) is 12.8 Å². The number of hydrogen-bond donors (Lipinski definition) is 1. The molecule has 0 aromatic rings. The first kappa shape index (κ1) is 22.6. The van der Waals surface area contributed by atoms with E-state index in [9.17, 15) is 9.59 Å². The largest absolute Gasteiger partial charge is 0.462 e. The van der Waals surface area contributed by atoms with Crippen molar-refractivity contribution in [2.45, 2.75) is 97.5 Å². The second-order valence-electron chi connectivity index (χ2n) is 12.4. The highest BCUT2D eigenvalue weighted by Crippen LogP contribution is 2.66. The molecule has 1 aliphatic heterocycles. The number of fused-ring (bicyclic) bond motifs is 5. The Morgan fingerprint density at radius 3 is 2.59 bits per heavy atom. The molecule has 4 fully saturated rings. The maximum absolute atomic E-state index is 12.5. The van der Waals surface area contributed by atoms with Crippen LogP contribution in [-0.2, 0) is 14.3 Å². The van der Waals surface area contributed by atoms with E-state index in [1.54, 1.807) is 11.8 Å². The number of hydrogen-bond acceptors (Lipinski definition) is 3. The molecule has 1 saturated heterocycles. The summed E-state index contributed by atoms with van der Waals surface area (Å²) in [6, 6.07) is 0. The molecule has 1 N–H and O–H groups in total. The molecule has 178 valence electrons. The Labute approximate surface area is 194 Å². The molecule has 7 atom stereocenters. The van der Waals surface area contributed by atoms with Crippen LogP contribution >= 0.6 is 0 Å². The van der Waals surface area contributed by atoms with Crippen LogP contribution in [0.4, 0.5) is 0 Å². The van der Waals surface area contributed by atoms with Gasteiger partial charge < -0.3 is 9.64 Å². The molecule has 4 nitrogen and oxygen atoms in total. The molecular weight excluding hydrogens is 398 g/mol. The quantitative estimate of drug-likeness (QED) is 0.651. The molecule has 6 unspecified atom stereocenters. The van der Waals surface area contributed by atoms with Crippen molar-refractivity contribution < 1.29 is 19.2 Å². The number of allylic oxidation sites excluding steroid dienone is 2. The van der Waals surface area contributed by atoms with Gasteiger partial charge in [0.1, 0.15) is 6.10 Å². The van der Waals surface area contributed by atoms with Gasteiger partial charge in [-0.25, -0.2) is 0 Å². The normalized spacial score (nSPS) is 43.7. The number of carbonyl (C=O) groups excluding carboxylic acids is 2. The van der Waals surface area contributed by atoms with Crippen LogP contribution in [0.3, 0.4) is 0 Å². The average Bonchev–Trinajstić information content (AvgIpc) is 3.39. The van der Waals surface area contributed by atoms with Crippen LogP contribution in [-0.4, -0.2) is 37.5 Å². The summed E-state index contributed by atoms with van der Waals surface area (Å²) in [5, 5.41) is 0. The first-order valence-electron chi connectivity index (χ1n) is 13.6. The van der Waals surface area contributed by atoms with Gasteiger partial charge in [-0.1, -0.05) is 19.9 Å². The van der Waals surface area contributed by atoms with E-state index in [-0.39, 0.29) is 17.5 Å². The van der Waals surface area contributed by atoms with Gasteiger partial charge >= 0.3 is 5.97 Å². The lowest BCUT2D eigenvalue weighted by atomic mass is 9.44. The van der Waals surface area contributed by atoms with E-state index in [4.69, 9.17) is 4.74 Å². The van der Waals surface area contributed by atoms with Gasteiger partial charge in [0.2, 0.25) is 0 Å². The van der Waals surface area contributed by atoms with Crippen molar-refractivity contribution in [2.24, 2.45) is 34.5 Å². The molecule has 32 heavy (non-hydrogen) atoms. The molecule has 3 saturated carbocycles. The highest BCUT2D eigenvalue weighted by molar-refractivity contribution is 5.95. The molecule has 4 heteroatoms. The molecular formula is C28H44NO3+. The lowest BCUT2D eigenvalue weighted by molar-refractivity contribution is -0.886. The van der Waals surface area contributed by atoms with Gasteiger partial charge in [0.15, 0.2) is 5.78 Å². The number of Topliss-reactive ketones (excluding diaryl/α,β-unsaturated/α-hetero) is 1. The Kier molecular flexibility index (Phi) is 6.05. The summed E-state index contributed by atoms with van der Waals surface area (Å²) in [5.41, 5.74) is 1.62. The summed E-state index contributed by atoms with van der Waals surface area (Å²) in [6.07, 6.45) is 15.0. The van der Waals surface area contributed by atoms with Crippen LogP contribution < -0.4 is 4.90 Å². The van der Waals surface area contributed by atoms with E-state index < -0.39 is 0 Å². The predicted molar refractivity (Wildman–Crippen MR) is 125 cm³/mol. The Morgan fingerprint density at radius 1 is 1.06 bits per heavy atom. The number of esters is 1. The van der Waals surface area contributed by atoms with E-state index in [2.05, 4.69) is 19.9 Å². The van der Waals surface area contributed by atoms with Crippen LogP contribution in [0.25, 0.3) is 0 Å². The third-order valence-electron chi connectivity index (χ3n) is 10.9. The summed E-state index contributed by atoms with van der Waals surface area (Å²) >= 11 is 0. The molecule has 0 aromatic carbocycles. The molecule has 0 bridgehead atoms. The SMILES string of the molecule is CC(=O)C1=CCC2C3CC[C@H]4CC(OC(=O)CC[NH+]5CCCC5)CCC4(C)C3CCC12C. The maximum atomic E-state index is 12.5. The van der Waals surface area contributed by atoms with E-state index in [0.717, 1.165) is 43.2 Å². The summed E-state index contributed by atoms with van der Waals surface area (Å²) in [5.74, 6) is 3.20. The van der Waals surface area contributed by atoms with Crippen molar-refractivity contribution in [3.8, 4) is 0 Å². The van der Waals surface area contributed by atoms with E-state index >= 15 is 0 Å². The van der Waals surface area contributed by atoms with Gasteiger partial charge in [0.05, 0.1) is 26.1 Å². The number of quaternary nitrogens is 1. The molecule has 1 heterocycles. The Balaban J connectivity index is 1.20. The standard InChI is InChI=1S/C28H43NO3/c1-19(30)23-8-9-24-22-7-6-20-18-21(32-26(31)12-17-29-15-4-5-16-29)10-13-27(20,2)25(22)11-14-28(23,24)3/h8,20-22,24-25H,4-7,9-18H2,1-3H3/p+1/t20-,21?,22?,24?,25?,27?,28?/m0/s1. The number of likely N-dealkylation sites (tertiary alicyclic amines) is 1. The lowest BCUT2D eigenvalue weighted by Crippen LogP contribution is -3.10. The Bertz CT molecular complexity index is 784. The summed E-state index contributed by atoms with van der Waals surface area (Å²) in [6.45, 7) is 10.1. The number of ether oxygens (including phenoxy) is 1. The van der Waals surface area contributed by atoms with Gasteiger partial charge in [-0.05, 0) is 98.4 Å². The van der Waals surface area contributed by atoms with Crippen molar-refractivity contribution in [3.05, 3.63) is 11.6 Å². The molecule has 0 spiro atoms. The second-order valence-corrected chi connectivity index (χ2v) is 12.4. The average molecular weight is 443 g/mol. The number of nitrogens with one attached hydrogen (secondary N) is 1. The van der Waals surface area contributed by atoms with E-state index in [1.807, 2.05) is 0 Å². The van der Waals surface area contributed by atoms with Crippen LogP contribution in [0.15, 0.2) is 11.6 Å². The highest BCUT2D eigenvalue weighted by atomic mass is 16.5. The van der Waals surface area contributed by atoms with Crippen LogP contribution in [0.1, 0.15) is 91.4 Å². The first-order chi connectivity index (χ1) is 15.3.